The highest BCUT2D eigenvalue weighted by Gasteiger charge is 2.15. The van der Waals surface area contributed by atoms with Crippen molar-refractivity contribution in [3.05, 3.63) is 11.4 Å². The van der Waals surface area contributed by atoms with Crippen molar-refractivity contribution >= 4 is 0 Å². The minimum absolute atomic E-state index is 0.458. The summed E-state index contributed by atoms with van der Waals surface area (Å²) in [6.07, 6.45) is 4.39. The third-order valence-electron chi connectivity index (χ3n) is 2.67. The molecular weight excluding hydrogens is 200 g/mol. The zero-order chi connectivity index (χ0) is 12.6. The summed E-state index contributed by atoms with van der Waals surface area (Å²) in [7, 11) is 0. The number of unbranched alkanes of at least 4 members (excludes halogenated alkanes) is 1. The van der Waals surface area contributed by atoms with E-state index in [1.165, 1.54) is 11.2 Å². The zero-order valence-electron chi connectivity index (χ0n) is 11.3. The monoisotopic (exact) mass is 226 g/mol. The van der Waals surface area contributed by atoms with Gasteiger partial charge in [0.1, 0.15) is 0 Å². The molecule has 2 N–H and O–H groups in total. The Bertz CT molecular complexity index is 281. The van der Waals surface area contributed by atoms with Crippen LogP contribution in [0.5, 0.6) is 0 Å². The molecule has 0 fully saturated rings. The number of hydrogen-bond acceptors (Lipinski definition) is 3. The first-order chi connectivity index (χ1) is 7.70. The lowest BCUT2D eigenvalue weighted by molar-refractivity contribution is 0.676. The number of hydrogen-bond donors (Lipinski definition) is 1. The van der Waals surface area contributed by atoms with Crippen molar-refractivity contribution in [2.45, 2.75) is 66.2 Å². The molecule has 0 aliphatic carbocycles. The van der Waals surface area contributed by atoms with Crippen molar-refractivity contribution in [3.63, 3.8) is 0 Å². The highest BCUT2D eigenvalue weighted by molar-refractivity contribution is 5.14. The highest BCUT2D eigenvalue weighted by atomic mass is 15.6. The highest BCUT2D eigenvalue weighted by Crippen LogP contribution is 2.20. The molecule has 0 aromatic carbocycles. The third kappa shape index (κ3) is 3.83. The Morgan fingerprint density at radius 2 is 1.94 bits per heavy atom. The predicted molar refractivity (Wildman–Crippen MR) is 68.8 cm³/mol. The lowest BCUT2D eigenvalue weighted by atomic mass is 10.0. The summed E-state index contributed by atoms with van der Waals surface area (Å²) >= 11 is 0. The lowest BCUT2D eigenvalue weighted by Crippen LogP contribution is -2.15. The number of nitrogen functional groups attached to an aromatic ring is 1. The molecule has 1 heterocycles. The van der Waals surface area contributed by atoms with E-state index in [1.54, 1.807) is 0 Å². The molecule has 1 unspecified atom stereocenters. The Labute approximate surface area is 99.2 Å². The molecule has 94 valence electrons. The van der Waals surface area contributed by atoms with Gasteiger partial charge in [-0.25, -0.2) is 0 Å². The Kier molecular flexibility index (Phi) is 7.60. The minimum Gasteiger partial charge on any atom is -0.322 e. The quantitative estimate of drug-likeness (QED) is 0.785. The second-order valence-electron chi connectivity index (χ2n) is 3.78. The van der Waals surface area contributed by atoms with Crippen LogP contribution in [0.25, 0.3) is 0 Å². The summed E-state index contributed by atoms with van der Waals surface area (Å²) in [5.41, 5.74) is 2.17. The molecule has 0 aliphatic rings. The van der Waals surface area contributed by atoms with Crippen molar-refractivity contribution < 1.29 is 0 Å². The van der Waals surface area contributed by atoms with Gasteiger partial charge in [0.05, 0.1) is 11.4 Å². The molecule has 0 aliphatic heterocycles. The van der Waals surface area contributed by atoms with Gasteiger partial charge in [-0.2, -0.15) is 4.79 Å². The van der Waals surface area contributed by atoms with Crippen LogP contribution in [0.15, 0.2) is 0 Å². The van der Waals surface area contributed by atoms with E-state index < -0.39 is 0 Å². The molecule has 1 aromatic heterocycles. The van der Waals surface area contributed by atoms with E-state index in [-0.39, 0.29) is 0 Å². The van der Waals surface area contributed by atoms with Crippen molar-refractivity contribution in [1.82, 2.24) is 15.1 Å². The predicted octanol–water partition coefficient (Wildman–Crippen LogP) is 2.87. The van der Waals surface area contributed by atoms with Crippen LogP contribution in [0.2, 0.25) is 0 Å². The van der Waals surface area contributed by atoms with Gasteiger partial charge in [0.25, 0.3) is 0 Å². The molecular formula is C12H26N4. The van der Waals surface area contributed by atoms with Crippen LogP contribution < -0.4 is 5.84 Å². The van der Waals surface area contributed by atoms with E-state index in [9.17, 15) is 0 Å². The average Bonchev–Trinajstić information content (AvgIpc) is 2.69. The second-order valence-corrected chi connectivity index (χ2v) is 3.78. The summed E-state index contributed by atoms with van der Waals surface area (Å²) in [6.45, 7) is 10.5. The lowest BCUT2D eigenvalue weighted by Gasteiger charge is -2.07. The van der Waals surface area contributed by atoms with Crippen LogP contribution in [0, 0.1) is 0 Å². The van der Waals surface area contributed by atoms with E-state index in [0.717, 1.165) is 30.7 Å². The Hall–Kier alpha value is -1.06. The summed E-state index contributed by atoms with van der Waals surface area (Å²) in [5.74, 6) is 6.18. The fraction of sp³-hybridized carbons (Fsp3) is 0.833. The van der Waals surface area contributed by atoms with Crippen molar-refractivity contribution in [1.29, 1.82) is 0 Å². The third-order valence-corrected chi connectivity index (χ3v) is 2.67. The van der Waals surface area contributed by atoms with Gasteiger partial charge < -0.3 is 5.84 Å². The maximum atomic E-state index is 5.72. The number of nitrogens with zero attached hydrogens (tertiary/aromatic N) is 3. The largest absolute Gasteiger partial charge is 0.322 e. The molecule has 1 atom stereocenters. The van der Waals surface area contributed by atoms with Gasteiger partial charge in [-0.3, -0.25) is 0 Å². The van der Waals surface area contributed by atoms with Gasteiger partial charge in [-0.05, 0) is 24.5 Å². The SMILES string of the molecule is CC.CCCCc1c(C(C)CC)nnn1N. The molecule has 4 nitrogen and oxygen atoms in total. The summed E-state index contributed by atoms with van der Waals surface area (Å²) in [5, 5.41) is 8.01. The Morgan fingerprint density at radius 1 is 1.31 bits per heavy atom. The van der Waals surface area contributed by atoms with E-state index in [1.807, 2.05) is 13.8 Å². The van der Waals surface area contributed by atoms with E-state index >= 15 is 0 Å². The summed E-state index contributed by atoms with van der Waals surface area (Å²) in [6, 6.07) is 0. The van der Waals surface area contributed by atoms with Gasteiger partial charge in [-0.15, -0.1) is 5.10 Å². The van der Waals surface area contributed by atoms with Crippen LogP contribution in [0.3, 0.4) is 0 Å². The Balaban J connectivity index is 0.00000106. The second kappa shape index (κ2) is 8.13. The first-order valence-electron chi connectivity index (χ1n) is 6.40. The smallest absolute Gasteiger partial charge is 0.0909 e. The average molecular weight is 226 g/mol. The van der Waals surface area contributed by atoms with Crippen LogP contribution in [-0.2, 0) is 6.42 Å². The number of nitrogens with two attached hydrogens (primary N) is 1. The molecule has 0 saturated heterocycles. The molecule has 16 heavy (non-hydrogen) atoms. The topological polar surface area (TPSA) is 56.7 Å². The van der Waals surface area contributed by atoms with Crippen molar-refractivity contribution in [3.8, 4) is 0 Å². The zero-order valence-corrected chi connectivity index (χ0v) is 11.3. The summed E-state index contributed by atoms with van der Waals surface area (Å²) in [4.78, 5) is 1.43. The van der Waals surface area contributed by atoms with Crippen LogP contribution in [0.1, 0.15) is 71.2 Å². The normalized spacial score (nSPS) is 11.8. The fourth-order valence-corrected chi connectivity index (χ4v) is 1.49. The molecule has 0 spiro atoms. The van der Waals surface area contributed by atoms with Crippen LogP contribution in [0.4, 0.5) is 0 Å². The molecule has 0 radical (unpaired) electrons. The molecule has 0 saturated carbocycles. The van der Waals surface area contributed by atoms with E-state index in [2.05, 4.69) is 31.1 Å². The van der Waals surface area contributed by atoms with Gasteiger partial charge >= 0.3 is 0 Å². The maximum Gasteiger partial charge on any atom is 0.0909 e. The van der Waals surface area contributed by atoms with E-state index in [4.69, 9.17) is 5.84 Å². The molecule has 0 bridgehead atoms. The number of aromatic nitrogens is 3. The van der Waals surface area contributed by atoms with Gasteiger partial charge in [0.2, 0.25) is 0 Å². The fourth-order valence-electron chi connectivity index (χ4n) is 1.49. The van der Waals surface area contributed by atoms with Crippen LogP contribution >= 0.6 is 0 Å². The first-order valence-corrected chi connectivity index (χ1v) is 6.40. The first kappa shape index (κ1) is 14.9. The molecule has 0 amide bonds. The molecule has 1 aromatic rings. The number of rotatable bonds is 5. The van der Waals surface area contributed by atoms with Crippen LogP contribution in [-0.4, -0.2) is 15.1 Å². The van der Waals surface area contributed by atoms with Crippen molar-refractivity contribution in [2.24, 2.45) is 0 Å². The standard InChI is InChI=1S/C10H20N4.C2H6/c1-4-6-7-9-10(8(3)5-2)12-13-14(9)11;1-2/h8H,4-7,11H2,1-3H3;1-2H3. The Morgan fingerprint density at radius 3 is 2.44 bits per heavy atom. The van der Waals surface area contributed by atoms with Gasteiger partial charge in [-0.1, -0.05) is 41.0 Å². The molecule has 1 rings (SSSR count). The maximum absolute atomic E-state index is 5.72. The van der Waals surface area contributed by atoms with Gasteiger partial charge in [0.15, 0.2) is 0 Å². The minimum atomic E-state index is 0.458. The van der Waals surface area contributed by atoms with Crippen molar-refractivity contribution in [2.75, 3.05) is 5.84 Å². The summed E-state index contributed by atoms with van der Waals surface area (Å²) < 4.78 is 0. The molecule has 4 heteroatoms. The van der Waals surface area contributed by atoms with Gasteiger partial charge in [0, 0.05) is 5.92 Å². The van der Waals surface area contributed by atoms with E-state index in [0.29, 0.717) is 5.92 Å².